The maximum absolute atomic E-state index is 10.1. The number of ether oxygens (including phenoxy) is 1. The average molecular weight is 126 g/mol. The molecule has 0 radical (unpaired) electrons. The van der Waals surface area contributed by atoms with Gasteiger partial charge in [-0.2, -0.15) is 0 Å². The predicted molar refractivity (Wildman–Crippen MR) is 30.8 cm³/mol. The van der Waals surface area contributed by atoms with E-state index in [2.05, 4.69) is 4.74 Å². The SMILES string of the molecule is O=C(O)C1C=CC=CO1. The smallest absolute Gasteiger partial charge is 0.349 e. The number of allylic oxidation sites excluding steroid dienone is 2. The molecule has 1 heterocycles. The van der Waals surface area contributed by atoms with Gasteiger partial charge in [0.1, 0.15) is 0 Å². The fourth-order valence-electron chi connectivity index (χ4n) is 0.526. The molecule has 9 heavy (non-hydrogen) atoms. The Morgan fingerprint density at radius 3 is 2.67 bits per heavy atom. The molecule has 1 aliphatic heterocycles. The van der Waals surface area contributed by atoms with Crippen LogP contribution in [0.3, 0.4) is 0 Å². The van der Waals surface area contributed by atoms with E-state index in [1.54, 1.807) is 12.2 Å². The molecule has 0 fully saturated rings. The molecule has 48 valence electrons. The summed E-state index contributed by atoms with van der Waals surface area (Å²) in [6, 6.07) is 0. The topological polar surface area (TPSA) is 46.5 Å². The van der Waals surface area contributed by atoms with E-state index in [9.17, 15) is 4.79 Å². The minimum absolute atomic E-state index is 0.796. The molecule has 1 rings (SSSR count). The number of carboxylic acids is 1. The number of carbonyl (C=O) groups is 1. The maximum atomic E-state index is 10.1. The summed E-state index contributed by atoms with van der Waals surface area (Å²) in [6.45, 7) is 0. The van der Waals surface area contributed by atoms with E-state index in [4.69, 9.17) is 5.11 Å². The van der Waals surface area contributed by atoms with Gasteiger partial charge >= 0.3 is 5.97 Å². The number of hydrogen-bond donors (Lipinski definition) is 1. The van der Waals surface area contributed by atoms with E-state index >= 15 is 0 Å². The summed E-state index contributed by atoms with van der Waals surface area (Å²) < 4.78 is 4.67. The van der Waals surface area contributed by atoms with Crippen LogP contribution in [0.1, 0.15) is 0 Å². The molecule has 3 nitrogen and oxygen atoms in total. The third kappa shape index (κ3) is 1.32. The normalized spacial score (nSPS) is 23.3. The van der Waals surface area contributed by atoms with Crippen molar-refractivity contribution in [3.8, 4) is 0 Å². The first-order chi connectivity index (χ1) is 4.30. The summed E-state index contributed by atoms with van der Waals surface area (Å²) in [7, 11) is 0. The zero-order valence-electron chi connectivity index (χ0n) is 4.65. The van der Waals surface area contributed by atoms with E-state index in [0.29, 0.717) is 0 Å². The molecular weight excluding hydrogens is 120 g/mol. The van der Waals surface area contributed by atoms with E-state index in [-0.39, 0.29) is 0 Å². The Bertz CT molecular complexity index is 169. The highest BCUT2D eigenvalue weighted by Gasteiger charge is 2.13. The standard InChI is InChI=1S/C6H6O3/c7-6(8)5-3-1-2-4-9-5/h1-5H,(H,7,8). The van der Waals surface area contributed by atoms with Crippen molar-refractivity contribution in [1.82, 2.24) is 0 Å². The lowest BCUT2D eigenvalue weighted by molar-refractivity contribution is -0.144. The van der Waals surface area contributed by atoms with Gasteiger partial charge in [0.05, 0.1) is 6.26 Å². The van der Waals surface area contributed by atoms with Gasteiger partial charge in [-0.3, -0.25) is 0 Å². The number of aliphatic carboxylic acids is 1. The highest BCUT2D eigenvalue weighted by atomic mass is 16.5. The second kappa shape index (κ2) is 2.35. The molecule has 0 aromatic carbocycles. The molecule has 1 atom stereocenters. The lowest BCUT2D eigenvalue weighted by Gasteiger charge is -2.08. The Hall–Kier alpha value is -1.25. The molecule has 0 aliphatic carbocycles. The number of rotatable bonds is 1. The van der Waals surface area contributed by atoms with Crippen LogP contribution in [0.15, 0.2) is 24.5 Å². The van der Waals surface area contributed by atoms with Crippen LogP contribution in [0.2, 0.25) is 0 Å². The first-order valence-electron chi connectivity index (χ1n) is 2.52. The summed E-state index contributed by atoms with van der Waals surface area (Å²) in [5, 5.41) is 8.33. The van der Waals surface area contributed by atoms with Crippen molar-refractivity contribution in [2.45, 2.75) is 6.10 Å². The van der Waals surface area contributed by atoms with E-state index in [1.165, 1.54) is 12.3 Å². The van der Waals surface area contributed by atoms with Gasteiger partial charge < -0.3 is 9.84 Å². The monoisotopic (exact) mass is 126 g/mol. The van der Waals surface area contributed by atoms with Crippen molar-refractivity contribution in [3.05, 3.63) is 24.5 Å². The Kier molecular flexibility index (Phi) is 1.53. The minimum atomic E-state index is -0.962. The van der Waals surface area contributed by atoms with Gasteiger partial charge in [0.2, 0.25) is 6.10 Å². The quantitative estimate of drug-likeness (QED) is 0.557. The first-order valence-corrected chi connectivity index (χ1v) is 2.52. The molecule has 1 unspecified atom stereocenters. The highest BCUT2D eigenvalue weighted by molar-refractivity contribution is 5.75. The van der Waals surface area contributed by atoms with Gasteiger partial charge in [-0.1, -0.05) is 6.08 Å². The zero-order valence-corrected chi connectivity index (χ0v) is 4.65. The summed E-state index contributed by atoms with van der Waals surface area (Å²) in [5.41, 5.74) is 0. The van der Waals surface area contributed by atoms with Gasteiger partial charge in [0, 0.05) is 0 Å². The Labute approximate surface area is 52.2 Å². The fraction of sp³-hybridized carbons (Fsp3) is 0.167. The largest absolute Gasteiger partial charge is 0.482 e. The molecule has 0 aromatic rings. The second-order valence-corrected chi connectivity index (χ2v) is 1.61. The summed E-state index contributed by atoms with van der Waals surface area (Å²) in [4.78, 5) is 10.1. The maximum Gasteiger partial charge on any atom is 0.349 e. The van der Waals surface area contributed by atoms with Crippen molar-refractivity contribution in [2.24, 2.45) is 0 Å². The third-order valence-corrected chi connectivity index (χ3v) is 0.944. The van der Waals surface area contributed by atoms with Crippen LogP contribution in [-0.2, 0) is 9.53 Å². The minimum Gasteiger partial charge on any atom is -0.482 e. The molecule has 0 saturated heterocycles. The Morgan fingerprint density at radius 2 is 2.33 bits per heavy atom. The molecule has 1 N–H and O–H groups in total. The average Bonchev–Trinajstić information content (AvgIpc) is 1.90. The van der Waals surface area contributed by atoms with Gasteiger partial charge in [0.25, 0.3) is 0 Å². The molecule has 3 heteroatoms. The Morgan fingerprint density at radius 1 is 1.56 bits per heavy atom. The lowest BCUT2D eigenvalue weighted by atomic mass is 10.3. The van der Waals surface area contributed by atoms with Crippen LogP contribution in [-0.4, -0.2) is 17.2 Å². The van der Waals surface area contributed by atoms with Gasteiger partial charge in [-0.25, -0.2) is 4.79 Å². The molecule has 1 aliphatic rings. The first kappa shape index (κ1) is 5.88. The summed E-state index contributed by atoms with van der Waals surface area (Å²) >= 11 is 0. The van der Waals surface area contributed by atoms with Crippen LogP contribution in [0.25, 0.3) is 0 Å². The van der Waals surface area contributed by atoms with Crippen molar-refractivity contribution in [3.63, 3.8) is 0 Å². The lowest BCUT2D eigenvalue weighted by Crippen LogP contribution is -2.19. The second-order valence-electron chi connectivity index (χ2n) is 1.61. The van der Waals surface area contributed by atoms with Crippen LogP contribution in [0.5, 0.6) is 0 Å². The number of carboxylic acid groups (broad SMARTS) is 1. The molecule has 0 saturated carbocycles. The number of hydrogen-bond acceptors (Lipinski definition) is 2. The fourth-order valence-corrected chi connectivity index (χ4v) is 0.526. The summed E-state index contributed by atoms with van der Waals surface area (Å²) in [5.74, 6) is -0.962. The third-order valence-electron chi connectivity index (χ3n) is 0.944. The van der Waals surface area contributed by atoms with Crippen LogP contribution < -0.4 is 0 Å². The molecule has 0 spiro atoms. The van der Waals surface area contributed by atoms with Crippen molar-refractivity contribution in [1.29, 1.82) is 0 Å². The van der Waals surface area contributed by atoms with Crippen LogP contribution in [0.4, 0.5) is 0 Å². The van der Waals surface area contributed by atoms with E-state index in [1.807, 2.05) is 0 Å². The highest BCUT2D eigenvalue weighted by Crippen LogP contribution is 2.00. The van der Waals surface area contributed by atoms with Crippen molar-refractivity contribution >= 4 is 5.97 Å². The molecule has 0 amide bonds. The molecule has 0 aromatic heterocycles. The molecular formula is C6H6O3. The molecule has 0 bridgehead atoms. The van der Waals surface area contributed by atoms with E-state index in [0.717, 1.165) is 0 Å². The van der Waals surface area contributed by atoms with Crippen molar-refractivity contribution in [2.75, 3.05) is 0 Å². The zero-order chi connectivity index (χ0) is 6.69. The summed E-state index contributed by atoms with van der Waals surface area (Å²) in [6.07, 6.45) is 5.32. The predicted octanol–water partition coefficient (Wildman–Crippen LogP) is 0.540. The van der Waals surface area contributed by atoms with Gasteiger partial charge in [0.15, 0.2) is 0 Å². The van der Waals surface area contributed by atoms with Crippen LogP contribution in [0, 0.1) is 0 Å². The van der Waals surface area contributed by atoms with E-state index < -0.39 is 12.1 Å². The van der Waals surface area contributed by atoms with Crippen LogP contribution >= 0.6 is 0 Å². The van der Waals surface area contributed by atoms with Gasteiger partial charge in [-0.05, 0) is 12.2 Å². The van der Waals surface area contributed by atoms with Gasteiger partial charge in [-0.15, -0.1) is 0 Å². The Balaban J connectivity index is 2.56. The van der Waals surface area contributed by atoms with Crippen molar-refractivity contribution < 1.29 is 14.6 Å².